The first-order valence-electron chi connectivity index (χ1n) is 7.79. The van der Waals surface area contributed by atoms with Crippen molar-refractivity contribution in [3.05, 3.63) is 66.5 Å². The number of nitrogens with zero attached hydrogens (tertiary/aromatic N) is 3. The van der Waals surface area contributed by atoms with Crippen molar-refractivity contribution in [2.24, 2.45) is 0 Å². The van der Waals surface area contributed by atoms with Crippen molar-refractivity contribution in [2.75, 3.05) is 29.6 Å². The van der Waals surface area contributed by atoms with Crippen molar-refractivity contribution in [3.8, 4) is 0 Å². The zero-order valence-corrected chi connectivity index (χ0v) is 14.1. The minimum Gasteiger partial charge on any atom is -0.467 e. The van der Waals surface area contributed by atoms with Crippen LogP contribution in [0.15, 0.2) is 59.5 Å². The number of rotatable bonds is 6. The molecule has 3 aromatic rings. The van der Waals surface area contributed by atoms with Crippen LogP contribution >= 0.6 is 0 Å². The number of aromatic nitrogens is 2. The molecule has 0 aliphatic carbocycles. The summed E-state index contributed by atoms with van der Waals surface area (Å²) in [5.41, 5.74) is 2.02. The number of hydrogen-bond donors (Lipinski definition) is 2. The highest BCUT2D eigenvalue weighted by Gasteiger charge is 2.09. The molecule has 0 bridgehead atoms. The van der Waals surface area contributed by atoms with Crippen molar-refractivity contribution in [2.45, 2.75) is 6.54 Å². The molecular formula is C18H19N5O2. The maximum absolute atomic E-state index is 12.2. The lowest BCUT2D eigenvalue weighted by Crippen LogP contribution is -2.15. The molecule has 1 aromatic carbocycles. The van der Waals surface area contributed by atoms with E-state index in [4.69, 9.17) is 4.42 Å². The van der Waals surface area contributed by atoms with Gasteiger partial charge in [-0.05, 0) is 36.4 Å². The van der Waals surface area contributed by atoms with Crippen molar-refractivity contribution >= 4 is 23.1 Å². The fourth-order valence-electron chi connectivity index (χ4n) is 2.17. The molecule has 0 radical (unpaired) electrons. The van der Waals surface area contributed by atoms with E-state index in [1.54, 1.807) is 6.26 Å². The van der Waals surface area contributed by atoms with E-state index in [-0.39, 0.29) is 11.6 Å². The fraction of sp³-hybridized carbons (Fsp3) is 0.167. The third kappa shape index (κ3) is 4.35. The number of carbonyl (C=O) groups excluding carboxylic acids is 1. The maximum atomic E-state index is 12.2. The second kappa shape index (κ2) is 7.48. The Morgan fingerprint density at radius 2 is 1.92 bits per heavy atom. The predicted molar refractivity (Wildman–Crippen MR) is 96.8 cm³/mol. The van der Waals surface area contributed by atoms with Crippen LogP contribution in [-0.4, -0.2) is 30.0 Å². The number of furan rings is 1. The number of nitrogens with one attached hydrogen (secondary N) is 2. The molecule has 25 heavy (non-hydrogen) atoms. The van der Waals surface area contributed by atoms with E-state index in [0.717, 1.165) is 11.4 Å². The van der Waals surface area contributed by atoms with E-state index < -0.39 is 0 Å². The third-order valence-corrected chi connectivity index (χ3v) is 3.55. The van der Waals surface area contributed by atoms with Crippen LogP contribution in [0.5, 0.6) is 0 Å². The monoisotopic (exact) mass is 337 g/mol. The Labute approximate surface area is 145 Å². The van der Waals surface area contributed by atoms with Gasteiger partial charge < -0.3 is 20.0 Å². The molecule has 0 atom stereocenters. The van der Waals surface area contributed by atoms with Crippen LogP contribution in [0.4, 0.5) is 17.2 Å². The van der Waals surface area contributed by atoms with Crippen molar-refractivity contribution in [1.29, 1.82) is 0 Å². The summed E-state index contributed by atoms with van der Waals surface area (Å²) in [7, 11) is 3.93. The summed E-state index contributed by atoms with van der Waals surface area (Å²) in [5.74, 6) is 1.07. The molecule has 0 unspecified atom stereocenters. The van der Waals surface area contributed by atoms with Gasteiger partial charge in [0.15, 0.2) is 0 Å². The second-order valence-corrected chi connectivity index (χ2v) is 5.62. The van der Waals surface area contributed by atoms with Crippen LogP contribution in [0.2, 0.25) is 0 Å². The Morgan fingerprint density at radius 3 is 2.52 bits per heavy atom. The molecule has 7 heteroatoms. The topological polar surface area (TPSA) is 83.3 Å². The molecule has 0 aliphatic heterocycles. The quantitative estimate of drug-likeness (QED) is 0.719. The molecule has 0 aliphatic rings. The predicted octanol–water partition coefficient (Wildman–Crippen LogP) is 3.00. The van der Waals surface area contributed by atoms with Gasteiger partial charge in [0.05, 0.1) is 25.2 Å². The Kier molecular flexibility index (Phi) is 4.94. The summed E-state index contributed by atoms with van der Waals surface area (Å²) in [6.45, 7) is 0.505. The van der Waals surface area contributed by atoms with Crippen LogP contribution in [-0.2, 0) is 6.54 Å². The van der Waals surface area contributed by atoms with E-state index >= 15 is 0 Å². The second-order valence-electron chi connectivity index (χ2n) is 5.62. The van der Waals surface area contributed by atoms with Gasteiger partial charge in [-0.25, -0.2) is 9.97 Å². The average Bonchev–Trinajstić information content (AvgIpc) is 3.14. The standard InChI is InChI=1S/C18H19N5O2/c1-23(2)14-7-5-13(6-8-14)22-18(24)16-11-21-17(12-19-16)20-10-15-4-3-9-25-15/h3-9,11-12H,10H2,1-2H3,(H,20,21)(H,22,24). The summed E-state index contributed by atoms with van der Waals surface area (Å²) >= 11 is 0. The van der Waals surface area contributed by atoms with Crippen molar-refractivity contribution < 1.29 is 9.21 Å². The summed E-state index contributed by atoms with van der Waals surface area (Å²) in [5, 5.41) is 5.88. The number of carbonyl (C=O) groups is 1. The minimum absolute atomic E-state index is 0.250. The first-order chi connectivity index (χ1) is 12.1. The highest BCUT2D eigenvalue weighted by atomic mass is 16.3. The Bertz CT molecular complexity index is 812. The van der Waals surface area contributed by atoms with Crippen LogP contribution in [0.1, 0.15) is 16.2 Å². The number of hydrogen-bond acceptors (Lipinski definition) is 6. The summed E-state index contributed by atoms with van der Waals surface area (Å²) < 4.78 is 5.23. The average molecular weight is 337 g/mol. The first kappa shape index (κ1) is 16.5. The molecule has 2 aromatic heterocycles. The van der Waals surface area contributed by atoms with Crippen molar-refractivity contribution in [3.63, 3.8) is 0 Å². The fourth-order valence-corrected chi connectivity index (χ4v) is 2.17. The van der Waals surface area contributed by atoms with Gasteiger partial charge in [0.1, 0.15) is 17.3 Å². The molecule has 128 valence electrons. The van der Waals surface area contributed by atoms with Crippen LogP contribution in [0, 0.1) is 0 Å². The van der Waals surface area contributed by atoms with E-state index in [1.165, 1.54) is 12.4 Å². The van der Waals surface area contributed by atoms with E-state index in [9.17, 15) is 4.79 Å². The van der Waals surface area contributed by atoms with E-state index in [1.807, 2.05) is 55.4 Å². The lowest BCUT2D eigenvalue weighted by Gasteiger charge is -2.13. The van der Waals surface area contributed by atoms with Crippen LogP contribution < -0.4 is 15.5 Å². The Balaban J connectivity index is 1.58. The lowest BCUT2D eigenvalue weighted by molar-refractivity contribution is 0.102. The van der Waals surface area contributed by atoms with Crippen LogP contribution in [0.3, 0.4) is 0 Å². The Morgan fingerprint density at radius 1 is 1.12 bits per heavy atom. The Hall–Kier alpha value is -3.35. The van der Waals surface area contributed by atoms with Gasteiger partial charge in [-0.2, -0.15) is 0 Å². The minimum atomic E-state index is -0.303. The van der Waals surface area contributed by atoms with Crippen molar-refractivity contribution in [1.82, 2.24) is 9.97 Å². The van der Waals surface area contributed by atoms with E-state index in [2.05, 4.69) is 20.6 Å². The van der Waals surface area contributed by atoms with Gasteiger partial charge in [-0.15, -0.1) is 0 Å². The molecule has 0 fully saturated rings. The third-order valence-electron chi connectivity index (χ3n) is 3.55. The number of amides is 1. The molecule has 7 nitrogen and oxygen atoms in total. The highest BCUT2D eigenvalue weighted by molar-refractivity contribution is 6.02. The summed E-state index contributed by atoms with van der Waals surface area (Å²) in [4.78, 5) is 22.6. The zero-order valence-electron chi connectivity index (χ0n) is 14.1. The van der Waals surface area contributed by atoms with Crippen LogP contribution in [0.25, 0.3) is 0 Å². The number of benzene rings is 1. The number of anilines is 3. The van der Waals surface area contributed by atoms with E-state index in [0.29, 0.717) is 18.1 Å². The largest absolute Gasteiger partial charge is 0.467 e. The lowest BCUT2D eigenvalue weighted by atomic mass is 10.2. The maximum Gasteiger partial charge on any atom is 0.275 e. The summed E-state index contributed by atoms with van der Waals surface area (Å²) in [6, 6.07) is 11.2. The normalized spacial score (nSPS) is 10.3. The molecule has 0 spiro atoms. The molecule has 3 rings (SSSR count). The smallest absolute Gasteiger partial charge is 0.275 e. The summed E-state index contributed by atoms with van der Waals surface area (Å²) in [6.07, 6.45) is 4.57. The van der Waals surface area contributed by atoms with Gasteiger partial charge in [-0.1, -0.05) is 0 Å². The molecule has 2 heterocycles. The molecular weight excluding hydrogens is 318 g/mol. The molecule has 2 N–H and O–H groups in total. The van der Waals surface area contributed by atoms with Gasteiger partial charge in [0, 0.05) is 25.5 Å². The van der Waals surface area contributed by atoms with Gasteiger partial charge >= 0.3 is 0 Å². The molecule has 1 amide bonds. The van der Waals surface area contributed by atoms with Gasteiger partial charge in [-0.3, -0.25) is 4.79 Å². The van der Waals surface area contributed by atoms with Gasteiger partial charge in [0.25, 0.3) is 5.91 Å². The van der Waals surface area contributed by atoms with Gasteiger partial charge in [0.2, 0.25) is 0 Å². The zero-order chi connectivity index (χ0) is 17.6. The SMILES string of the molecule is CN(C)c1ccc(NC(=O)c2cnc(NCc3ccco3)cn2)cc1. The first-order valence-corrected chi connectivity index (χ1v) is 7.79. The molecule has 0 saturated heterocycles. The molecule has 0 saturated carbocycles. The highest BCUT2D eigenvalue weighted by Crippen LogP contribution is 2.16.